The number of hydrogen-bond donors (Lipinski definition) is 0. The average molecular weight is 575 g/mol. The van der Waals surface area contributed by atoms with Gasteiger partial charge in [-0.25, -0.2) is 0 Å². The molecule has 0 aliphatic carbocycles. The van der Waals surface area contributed by atoms with E-state index in [1.165, 1.54) is 0 Å². The van der Waals surface area contributed by atoms with Crippen LogP contribution < -0.4 is 0 Å². The normalized spacial score (nSPS) is 5.57. The molecule has 1 nitrogen and oxygen atoms in total. The van der Waals surface area contributed by atoms with Crippen LogP contribution in [0.3, 0.4) is 0 Å². The standard InChI is InChI=1S/C7H5N.2C6H6.2C2H6.4CH3F.2CH3.Y/c8-6-7-4-2-1-3-5-7;2*1-2-4-6-5-3-1;6*1-2;;;/h1-5H;2*1-6H;2*1-2H3;4*1H3;2*1H3;/q;;;;;;;;;2*-1;. The zero-order valence-corrected chi connectivity index (χ0v) is 26.2. The molecule has 0 saturated heterocycles. The Hall–Kier alpha value is -2.03. The number of nitriles is 1. The van der Waals surface area contributed by atoms with E-state index in [-0.39, 0.29) is 47.6 Å². The van der Waals surface area contributed by atoms with Gasteiger partial charge >= 0.3 is 0 Å². The average Bonchev–Trinajstić information content (AvgIpc) is 2.98. The van der Waals surface area contributed by atoms with Crippen LogP contribution in [-0.4, -0.2) is 28.7 Å². The van der Waals surface area contributed by atoms with E-state index in [0.29, 0.717) is 34.3 Å². The maximum Gasteiger partial charge on any atom is 0.0991 e. The first-order valence-corrected chi connectivity index (χ1v) is 9.90. The molecule has 201 valence electrons. The van der Waals surface area contributed by atoms with Crippen LogP contribution in [0.1, 0.15) is 33.3 Å². The van der Waals surface area contributed by atoms with Gasteiger partial charge in [-0.2, -0.15) is 5.26 Å². The summed E-state index contributed by atoms with van der Waals surface area (Å²) in [5.74, 6) is 0. The monoisotopic (exact) mass is 574 g/mol. The maximum atomic E-state index is 9.50. The molecule has 0 aliphatic rings. The molecule has 6 heteroatoms. The van der Waals surface area contributed by atoms with Gasteiger partial charge in [0.05, 0.1) is 40.3 Å². The van der Waals surface area contributed by atoms with Crippen molar-refractivity contribution in [3.63, 3.8) is 0 Å². The Labute approximate surface area is 240 Å². The Morgan fingerprint density at radius 3 is 0.686 bits per heavy atom. The number of alkyl halides is 4. The van der Waals surface area contributed by atoms with Gasteiger partial charge in [0.25, 0.3) is 0 Å². The molecule has 3 aromatic carbocycles. The molecule has 35 heavy (non-hydrogen) atoms. The van der Waals surface area contributed by atoms with Crippen molar-refractivity contribution in [3.8, 4) is 6.07 Å². The molecule has 0 fully saturated rings. The van der Waals surface area contributed by atoms with Crippen LogP contribution in [0.4, 0.5) is 17.6 Å². The van der Waals surface area contributed by atoms with Gasteiger partial charge in [-0.05, 0) is 12.1 Å². The summed E-state index contributed by atoms with van der Waals surface area (Å²) in [6, 6.07) is 35.2. The number of halogens is 4. The fourth-order valence-corrected chi connectivity index (χ4v) is 1.28. The van der Waals surface area contributed by atoms with E-state index in [0.717, 1.165) is 0 Å². The van der Waals surface area contributed by atoms with Crippen molar-refractivity contribution in [2.45, 2.75) is 27.7 Å². The second kappa shape index (κ2) is 85.2. The molecule has 0 saturated carbocycles. The van der Waals surface area contributed by atoms with Gasteiger partial charge < -0.3 is 14.9 Å². The number of benzene rings is 3. The van der Waals surface area contributed by atoms with Crippen LogP contribution >= 0.6 is 0 Å². The van der Waals surface area contributed by atoms with Gasteiger partial charge in [-0.1, -0.05) is 119 Å². The van der Waals surface area contributed by atoms with Crippen molar-refractivity contribution in [1.29, 1.82) is 5.26 Å². The SMILES string of the molecule is CC.CC.CF.CF.CF.CF.N#Cc1ccccc1.[CH3-].[CH3-].[Y].c1ccccc1.c1ccccc1. The molecule has 0 aromatic heterocycles. The van der Waals surface area contributed by atoms with E-state index in [9.17, 15) is 17.6 Å². The van der Waals surface area contributed by atoms with Crippen molar-refractivity contribution in [2.75, 3.05) is 28.7 Å². The summed E-state index contributed by atoms with van der Waals surface area (Å²) in [5.41, 5.74) is 0.715. The second-order valence-electron chi connectivity index (χ2n) is 3.79. The fraction of sp³-hybridized carbons (Fsp3) is 0.276. The molecule has 0 atom stereocenters. The predicted octanol–water partition coefficient (Wildman–Crippen LogP) is 10.2. The first-order valence-electron chi connectivity index (χ1n) is 9.90. The first kappa shape index (κ1) is 58.7. The Bertz CT molecular complexity index is 508. The molecule has 3 aromatic rings. The van der Waals surface area contributed by atoms with E-state index in [1.807, 2.05) is 125 Å². The van der Waals surface area contributed by atoms with E-state index in [1.54, 1.807) is 12.1 Å². The van der Waals surface area contributed by atoms with E-state index in [2.05, 4.69) is 0 Å². The van der Waals surface area contributed by atoms with Gasteiger partial charge in [-0.15, -0.1) is 0 Å². The minimum atomic E-state index is 0. The van der Waals surface area contributed by atoms with Crippen LogP contribution in [0.15, 0.2) is 103 Å². The number of nitrogens with zero attached hydrogens (tertiary/aromatic N) is 1. The fourth-order valence-electron chi connectivity index (χ4n) is 1.28. The van der Waals surface area contributed by atoms with Gasteiger partial charge in [0.2, 0.25) is 0 Å². The van der Waals surface area contributed by atoms with Gasteiger partial charge in [0, 0.05) is 32.7 Å². The van der Waals surface area contributed by atoms with E-state index < -0.39 is 0 Å². The third-order valence-corrected chi connectivity index (χ3v) is 2.24. The Kier molecular flexibility index (Phi) is 143. The van der Waals surface area contributed by atoms with Crippen LogP contribution in [0, 0.1) is 26.2 Å². The number of hydrogen-bond acceptors (Lipinski definition) is 1. The first-order chi connectivity index (χ1) is 15.9. The molecule has 3 rings (SSSR count). The topological polar surface area (TPSA) is 23.8 Å². The number of rotatable bonds is 0. The van der Waals surface area contributed by atoms with Gasteiger partial charge in [0.15, 0.2) is 0 Å². The molecule has 0 amide bonds. The van der Waals surface area contributed by atoms with Crippen molar-refractivity contribution in [3.05, 3.63) is 124 Å². The molecular formula is C29H47F4NY-2. The molecule has 0 N–H and O–H groups in total. The van der Waals surface area contributed by atoms with Crippen LogP contribution in [0.2, 0.25) is 0 Å². The third kappa shape index (κ3) is 72.0. The summed E-state index contributed by atoms with van der Waals surface area (Å²) >= 11 is 0. The quantitative estimate of drug-likeness (QED) is 0.194. The Morgan fingerprint density at radius 1 is 0.429 bits per heavy atom. The second-order valence-corrected chi connectivity index (χ2v) is 3.79. The van der Waals surface area contributed by atoms with Crippen LogP contribution in [0.5, 0.6) is 0 Å². The van der Waals surface area contributed by atoms with E-state index in [4.69, 9.17) is 5.26 Å². The summed E-state index contributed by atoms with van der Waals surface area (Å²) in [7, 11) is 2.00. The van der Waals surface area contributed by atoms with Crippen molar-refractivity contribution >= 4 is 0 Å². The van der Waals surface area contributed by atoms with Crippen molar-refractivity contribution < 1.29 is 50.3 Å². The summed E-state index contributed by atoms with van der Waals surface area (Å²) in [4.78, 5) is 0. The summed E-state index contributed by atoms with van der Waals surface area (Å²) in [6.07, 6.45) is 0. The van der Waals surface area contributed by atoms with Crippen molar-refractivity contribution in [1.82, 2.24) is 0 Å². The summed E-state index contributed by atoms with van der Waals surface area (Å²) < 4.78 is 38.0. The minimum Gasteiger partial charge on any atom is -0.358 e. The zero-order chi connectivity index (χ0) is 26.3. The predicted molar refractivity (Wildman–Crippen MR) is 148 cm³/mol. The summed E-state index contributed by atoms with van der Waals surface area (Å²) in [5, 5.41) is 8.29. The Morgan fingerprint density at radius 2 is 0.571 bits per heavy atom. The van der Waals surface area contributed by atoms with Gasteiger partial charge in [-0.3, -0.25) is 17.6 Å². The largest absolute Gasteiger partial charge is 0.358 e. The summed E-state index contributed by atoms with van der Waals surface area (Å²) in [6.45, 7) is 8.00. The minimum absolute atomic E-state index is 0. The third-order valence-electron chi connectivity index (χ3n) is 2.24. The van der Waals surface area contributed by atoms with E-state index >= 15 is 0 Å². The zero-order valence-electron chi connectivity index (χ0n) is 23.4. The molecule has 0 spiro atoms. The smallest absolute Gasteiger partial charge is 0.0991 e. The molecular weight excluding hydrogens is 527 g/mol. The van der Waals surface area contributed by atoms with Gasteiger partial charge in [0.1, 0.15) is 0 Å². The van der Waals surface area contributed by atoms with Crippen LogP contribution in [0.25, 0.3) is 0 Å². The molecule has 0 heterocycles. The molecule has 0 aliphatic heterocycles. The van der Waals surface area contributed by atoms with Crippen LogP contribution in [-0.2, 0) is 32.7 Å². The maximum absolute atomic E-state index is 9.50. The molecule has 0 unspecified atom stereocenters. The molecule has 0 bridgehead atoms. The molecule has 1 radical (unpaired) electrons. The van der Waals surface area contributed by atoms with Crippen molar-refractivity contribution in [2.24, 2.45) is 0 Å². The Balaban J connectivity index is -0.0000000331.